The molecule has 0 saturated heterocycles. The van der Waals surface area contributed by atoms with Crippen LogP contribution in [0, 0.1) is 5.41 Å². The number of nitrogens with zero attached hydrogens (tertiary/aromatic N) is 1. The summed E-state index contributed by atoms with van der Waals surface area (Å²) in [6.45, 7) is 4.48. The Balaban J connectivity index is 2.08. The number of hydrogen-bond acceptors (Lipinski definition) is 3. The van der Waals surface area contributed by atoms with Crippen molar-refractivity contribution in [2.24, 2.45) is 5.41 Å². The SMILES string of the molecule is CC(NC1CCCC1(C)CO)c1cccnc1Cl. The maximum absolute atomic E-state index is 9.56. The number of hydrogen-bond donors (Lipinski definition) is 2. The summed E-state index contributed by atoms with van der Waals surface area (Å²) in [5, 5.41) is 13.7. The van der Waals surface area contributed by atoms with Gasteiger partial charge in [-0.25, -0.2) is 4.98 Å². The molecule has 3 atom stereocenters. The first-order chi connectivity index (χ1) is 8.57. The smallest absolute Gasteiger partial charge is 0.133 e. The summed E-state index contributed by atoms with van der Waals surface area (Å²) in [5.41, 5.74) is 1.01. The lowest BCUT2D eigenvalue weighted by Crippen LogP contribution is -2.43. The standard InChI is InChI=1S/C14H21ClN2O/c1-10(11-5-4-8-16-13(11)15)17-12-6-3-7-14(12,2)9-18/h4-5,8,10,12,17-18H,3,6-7,9H2,1-2H3. The van der Waals surface area contributed by atoms with Crippen molar-refractivity contribution in [3.8, 4) is 0 Å². The first kappa shape index (κ1) is 13.8. The monoisotopic (exact) mass is 268 g/mol. The second-order valence-electron chi connectivity index (χ2n) is 5.53. The third-order valence-electron chi connectivity index (χ3n) is 4.15. The van der Waals surface area contributed by atoms with E-state index in [1.165, 1.54) is 6.42 Å². The topological polar surface area (TPSA) is 45.1 Å². The number of aromatic nitrogens is 1. The molecule has 3 unspecified atom stereocenters. The average molecular weight is 269 g/mol. The molecular weight excluding hydrogens is 248 g/mol. The molecule has 0 aliphatic heterocycles. The first-order valence-electron chi connectivity index (χ1n) is 6.54. The van der Waals surface area contributed by atoms with E-state index in [0.29, 0.717) is 11.2 Å². The predicted molar refractivity (Wildman–Crippen MR) is 73.6 cm³/mol. The van der Waals surface area contributed by atoms with Crippen LogP contribution in [0.15, 0.2) is 18.3 Å². The van der Waals surface area contributed by atoms with E-state index in [1.54, 1.807) is 6.20 Å². The van der Waals surface area contributed by atoms with Crippen molar-refractivity contribution in [3.63, 3.8) is 0 Å². The molecular formula is C14H21ClN2O. The van der Waals surface area contributed by atoms with Crippen molar-refractivity contribution in [1.82, 2.24) is 10.3 Å². The van der Waals surface area contributed by atoms with E-state index < -0.39 is 0 Å². The van der Waals surface area contributed by atoms with Gasteiger partial charge in [0.25, 0.3) is 0 Å². The van der Waals surface area contributed by atoms with Gasteiger partial charge in [0.2, 0.25) is 0 Å². The highest BCUT2D eigenvalue weighted by molar-refractivity contribution is 6.30. The summed E-state index contributed by atoms with van der Waals surface area (Å²) in [7, 11) is 0. The van der Waals surface area contributed by atoms with Crippen LogP contribution in [0.5, 0.6) is 0 Å². The van der Waals surface area contributed by atoms with E-state index in [9.17, 15) is 5.11 Å². The summed E-state index contributed by atoms with van der Waals surface area (Å²) in [5.74, 6) is 0. The number of pyridine rings is 1. The molecule has 0 aromatic carbocycles. The van der Waals surface area contributed by atoms with Gasteiger partial charge in [-0.1, -0.05) is 31.0 Å². The lowest BCUT2D eigenvalue weighted by atomic mass is 9.85. The Morgan fingerprint density at radius 2 is 2.44 bits per heavy atom. The van der Waals surface area contributed by atoms with Gasteiger partial charge in [0.15, 0.2) is 0 Å². The maximum atomic E-state index is 9.56. The van der Waals surface area contributed by atoms with Gasteiger partial charge in [0.1, 0.15) is 5.15 Å². The molecule has 0 radical (unpaired) electrons. The number of rotatable bonds is 4. The summed E-state index contributed by atoms with van der Waals surface area (Å²) in [4.78, 5) is 4.11. The van der Waals surface area contributed by atoms with Gasteiger partial charge in [0, 0.05) is 35.9 Å². The van der Waals surface area contributed by atoms with E-state index in [4.69, 9.17) is 11.6 Å². The lowest BCUT2D eigenvalue weighted by molar-refractivity contribution is 0.114. The van der Waals surface area contributed by atoms with Gasteiger partial charge in [0.05, 0.1) is 0 Å². The molecule has 1 aromatic rings. The molecule has 0 amide bonds. The molecule has 18 heavy (non-hydrogen) atoms. The first-order valence-corrected chi connectivity index (χ1v) is 6.92. The average Bonchev–Trinajstić information content (AvgIpc) is 2.72. The Morgan fingerprint density at radius 3 is 3.11 bits per heavy atom. The molecule has 1 aliphatic rings. The van der Waals surface area contributed by atoms with Crippen LogP contribution in [0.1, 0.15) is 44.7 Å². The van der Waals surface area contributed by atoms with Gasteiger partial charge in [-0.15, -0.1) is 0 Å². The van der Waals surface area contributed by atoms with Crippen molar-refractivity contribution in [3.05, 3.63) is 29.0 Å². The zero-order valence-electron chi connectivity index (χ0n) is 11.0. The second kappa shape index (κ2) is 5.55. The molecule has 1 heterocycles. The third kappa shape index (κ3) is 2.68. The van der Waals surface area contributed by atoms with Gasteiger partial charge in [-0.05, 0) is 25.8 Å². The minimum absolute atomic E-state index is 0.0110. The molecule has 4 heteroatoms. The van der Waals surface area contributed by atoms with E-state index in [1.807, 2.05) is 12.1 Å². The molecule has 2 rings (SSSR count). The van der Waals surface area contributed by atoms with Gasteiger partial charge in [-0.2, -0.15) is 0 Å². The summed E-state index contributed by atoms with van der Waals surface area (Å²) >= 11 is 6.11. The fourth-order valence-electron chi connectivity index (χ4n) is 2.82. The van der Waals surface area contributed by atoms with Gasteiger partial charge in [-0.3, -0.25) is 0 Å². The quantitative estimate of drug-likeness (QED) is 0.826. The van der Waals surface area contributed by atoms with Crippen molar-refractivity contribution >= 4 is 11.6 Å². The Labute approximate surface area is 114 Å². The Morgan fingerprint density at radius 1 is 1.67 bits per heavy atom. The minimum atomic E-state index is -0.0110. The summed E-state index contributed by atoms with van der Waals surface area (Å²) in [6.07, 6.45) is 5.06. The fourth-order valence-corrected chi connectivity index (χ4v) is 3.10. The van der Waals surface area contributed by atoms with Crippen LogP contribution in [0.25, 0.3) is 0 Å². The third-order valence-corrected chi connectivity index (χ3v) is 4.46. The van der Waals surface area contributed by atoms with E-state index in [0.717, 1.165) is 18.4 Å². The van der Waals surface area contributed by atoms with Crippen LogP contribution in [0.3, 0.4) is 0 Å². The lowest BCUT2D eigenvalue weighted by Gasteiger charge is -2.32. The summed E-state index contributed by atoms with van der Waals surface area (Å²) in [6, 6.07) is 4.39. The number of halogens is 1. The van der Waals surface area contributed by atoms with E-state index in [-0.39, 0.29) is 18.1 Å². The number of aliphatic hydroxyl groups is 1. The molecule has 0 bridgehead atoms. The highest BCUT2D eigenvalue weighted by atomic mass is 35.5. The van der Waals surface area contributed by atoms with Crippen molar-refractivity contribution in [1.29, 1.82) is 0 Å². The summed E-state index contributed by atoms with van der Waals surface area (Å²) < 4.78 is 0. The molecule has 1 saturated carbocycles. The van der Waals surface area contributed by atoms with Crippen molar-refractivity contribution < 1.29 is 5.11 Å². The Hall–Kier alpha value is -0.640. The molecule has 0 spiro atoms. The number of aliphatic hydroxyl groups excluding tert-OH is 1. The molecule has 100 valence electrons. The van der Waals surface area contributed by atoms with Crippen LogP contribution < -0.4 is 5.32 Å². The van der Waals surface area contributed by atoms with Crippen molar-refractivity contribution in [2.45, 2.75) is 45.2 Å². The highest BCUT2D eigenvalue weighted by Crippen LogP contribution is 2.38. The molecule has 1 aliphatic carbocycles. The highest BCUT2D eigenvalue weighted by Gasteiger charge is 2.38. The van der Waals surface area contributed by atoms with Gasteiger partial charge >= 0.3 is 0 Å². The molecule has 2 N–H and O–H groups in total. The van der Waals surface area contributed by atoms with Crippen molar-refractivity contribution in [2.75, 3.05) is 6.61 Å². The Kier molecular flexibility index (Phi) is 4.25. The molecule has 1 fully saturated rings. The minimum Gasteiger partial charge on any atom is -0.396 e. The zero-order chi connectivity index (χ0) is 13.2. The number of nitrogens with one attached hydrogen (secondary N) is 1. The zero-order valence-corrected chi connectivity index (χ0v) is 11.7. The van der Waals surface area contributed by atoms with Gasteiger partial charge < -0.3 is 10.4 Å². The Bertz CT molecular complexity index is 413. The molecule has 3 nitrogen and oxygen atoms in total. The van der Waals surface area contributed by atoms with Crippen LogP contribution in [-0.4, -0.2) is 22.7 Å². The van der Waals surface area contributed by atoms with E-state index in [2.05, 4.69) is 24.1 Å². The predicted octanol–water partition coefficient (Wildman–Crippen LogP) is 2.94. The van der Waals surface area contributed by atoms with Crippen LogP contribution >= 0.6 is 11.6 Å². The fraction of sp³-hybridized carbons (Fsp3) is 0.643. The van der Waals surface area contributed by atoms with Crippen LogP contribution in [0.4, 0.5) is 0 Å². The normalized spacial score (nSPS) is 29.4. The second-order valence-corrected chi connectivity index (χ2v) is 5.89. The van der Waals surface area contributed by atoms with Crippen LogP contribution in [0.2, 0.25) is 5.15 Å². The molecule has 1 aromatic heterocycles. The maximum Gasteiger partial charge on any atom is 0.133 e. The van der Waals surface area contributed by atoms with Crippen LogP contribution in [-0.2, 0) is 0 Å². The van der Waals surface area contributed by atoms with E-state index >= 15 is 0 Å². The largest absolute Gasteiger partial charge is 0.396 e.